The van der Waals surface area contributed by atoms with Gasteiger partial charge in [-0.15, -0.1) is 0 Å². The van der Waals surface area contributed by atoms with Gasteiger partial charge in [0, 0.05) is 0 Å². The minimum Gasteiger partial charge on any atom is -0.426 e. The number of hydrogen-bond acceptors (Lipinski definition) is 5. The van der Waals surface area contributed by atoms with Gasteiger partial charge in [-0.3, -0.25) is 0 Å². The Morgan fingerprint density at radius 1 is 1.43 bits per heavy atom. The molecule has 3 unspecified atom stereocenters. The van der Waals surface area contributed by atoms with E-state index in [1.165, 1.54) is 0 Å². The Balaban J connectivity index is 2.50. The molecule has 0 saturated carbocycles. The fraction of sp³-hybridized carbons (Fsp3) is 0.833. The van der Waals surface area contributed by atoms with Gasteiger partial charge in [0.1, 0.15) is 12.2 Å². The molecule has 1 saturated heterocycles. The number of carbonyl (C=O) groups excluding carboxylic acids is 1. The first-order valence-electron chi connectivity index (χ1n) is 3.58. The first-order chi connectivity index (χ1) is 6.32. The molecule has 0 spiro atoms. The van der Waals surface area contributed by atoms with Crippen LogP contribution in [0.15, 0.2) is 0 Å². The van der Waals surface area contributed by atoms with Crippen molar-refractivity contribution in [2.75, 3.05) is 6.61 Å². The average molecular weight is 216 g/mol. The van der Waals surface area contributed by atoms with Gasteiger partial charge in [0.05, 0.1) is 6.61 Å². The fourth-order valence-electron chi connectivity index (χ4n) is 0.848. The molecular weight excluding hydrogens is 209 g/mol. The number of hydrogen-bond donors (Lipinski definition) is 2. The lowest BCUT2D eigenvalue weighted by Crippen LogP contribution is -2.37. The Bertz CT molecular complexity index is 228. The molecule has 1 rings (SSSR count). The second kappa shape index (κ2) is 3.71. The zero-order valence-corrected chi connectivity index (χ0v) is 6.69. The smallest absolute Gasteiger partial charge is 0.426 e. The first-order valence-corrected chi connectivity index (χ1v) is 3.58. The predicted molar refractivity (Wildman–Crippen MR) is 33.9 cm³/mol. The van der Waals surface area contributed by atoms with Gasteiger partial charge in [0.15, 0.2) is 0 Å². The van der Waals surface area contributed by atoms with E-state index in [4.69, 9.17) is 10.2 Å². The van der Waals surface area contributed by atoms with Crippen molar-refractivity contribution in [1.29, 1.82) is 0 Å². The van der Waals surface area contributed by atoms with Crippen molar-refractivity contribution in [3.8, 4) is 0 Å². The van der Waals surface area contributed by atoms with Gasteiger partial charge in [-0.2, -0.15) is 13.2 Å². The van der Waals surface area contributed by atoms with Crippen LogP contribution >= 0.6 is 0 Å². The quantitative estimate of drug-likeness (QED) is 0.559. The molecule has 0 aromatic heterocycles. The molecule has 1 fully saturated rings. The van der Waals surface area contributed by atoms with E-state index in [9.17, 15) is 18.0 Å². The van der Waals surface area contributed by atoms with Gasteiger partial charge in [-0.1, -0.05) is 0 Å². The number of ether oxygens (including phenoxy) is 2. The number of aliphatic hydroxyl groups excluding tert-OH is 2. The molecule has 82 valence electrons. The van der Waals surface area contributed by atoms with Crippen LogP contribution in [-0.2, 0) is 14.3 Å². The van der Waals surface area contributed by atoms with E-state index in [0.29, 0.717) is 0 Å². The van der Waals surface area contributed by atoms with E-state index in [0.717, 1.165) is 0 Å². The zero-order chi connectivity index (χ0) is 10.9. The molecule has 5 nitrogen and oxygen atoms in total. The third-order valence-corrected chi connectivity index (χ3v) is 1.56. The number of alkyl halides is 3. The van der Waals surface area contributed by atoms with Crippen molar-refractivity contribution in [3.63, 3.8) is 0 Å². The lowest BCUT2D eigenvalue weighted by Gasteiger charge is -2.16. The second-order valence-electron chi connectivity index (χ2n) is 2.66. The monoisotopic (exact) mass is 216 g/mol. The Hall–Kier alpha value is -0.860. The van der Waals surface area contributed by atoms with Gasteiger partial charge >= 0.3 is 12.1 Å². The van der Waals surface area contributed by atoms with Crippen molar-refractivity contribution < 1.29 is 37.7 Å². The summed E-state index contributed by atoms with van der Waals surface area (Å²) in [6.45, 7) is -0.378. The summed E-state index contributed by atoms with van der Waals surface area (Å²) < 4.78 is 43.1. The van der Waals surface area contributed by atoms with Crippen LogP contribution in [0.2, 0.25) is 0 Å². The van der Waals surface area contributed by atoms with Crippen LogP contribution < -0.4 is 0 Å². The van der Waals surface area contributed by atoms with Crippen LogP contribution in [-0.4, -0.2) is 47.5 Å². The summed E-state index contributed by atoms with van der Waals surface area (Å²) in [7, 11) is 0. The van der Waals surface area contributed by atoms with Gasteiger partial charge in [0.2, 0.25) is 6.29 Å². The summed E-state index contributed by atoms with van der Waals surface area (Å²) in [5.74, 6) is -2.46. The Kier molecular flexibility index (Phi) is 2.98. The molecule has 2 N–H and O–H groups in total. The Labute approximate surface area is 76.0 Å². The standard InChI is InChI=1S/C6H7F3O5/c7-6(8,9)5(12)14-4-3(11)2(10)1-13-4/h2-4,10-11H,1H2. The highest BCUT2D eigenvalue weighted by molar-refractivity contribution is 5.75. The van der Waals surface area contributed by atoms with E-state index >= 15 is 0 Å². The maximum absolute atomic E-state index is 11.7. The lowest BCUT2D eigenvalue weighted by atomic mass is 10.2. The minimum absolute atomic E-state index is 0.378. The van der Waals surface area contributed by atoms with Crippen molar-refractivity contribution >= 4 is 5.97 Å². The summed E-state index contributed by atoms with van der Waals surface area (Å²) in [5.41, 5.74) is 0. The molecule has 0 amide bonds. The second-order valence-corrected chi connectivity index (χ2v) is 2.66. The molecule has 8 heteroatoms. The number of esters is 1. The normalized spacial score (nSPS) is 33.1. The summed E-state index contributed by atoms with van der Waals surface area (Å²) >= 11 is 0. The predicted octanol–water partition coefficient (Wildman–Crippen LogP) is -0.830. The van der Waals surface area contributed by atoms with Crippen molar-refractivity contribution in [3.05, 3.63) is 0 Å². The topological polar surface area (TPSA) is 76.0 Å². The van der Waals surface area contributed by atoms with Gasteiger partial charge in [-0.05, 0) is 0 Å². The Morgan fingerprint density at radius 3 is 2.36 bits per heavy atom. The lowest BCUT2D eigenvalue weighted by molar-refractivity contribution is -0.228. The summed E-state index contributed by atoms with van der Waals surface area (Å²) in [4.78, 5) is 10.3. The largest absolute Gasteiger partial charge is 0.491 e. The third-order valence-electron chi connectivity index (χ3n) is 1.56. The van der Waals surface area contributed by atoms with Gasteiger partial charge in [-0.25, -0.2) is 4.79 Å². The molecule has 0 aromatic carbocycles. The molecule has 0 aromatic rings. The highest BCUT2D eigenvalue weighted by atomic mass is 19.4. The number of carbonyl (C=O) groups is 1. The van der Waals surface area contributed by atoms with Gasteiger partial charge < -0.3 is 19.7 Å². The molecule has 1 heterocycles. The van der Waals surface area contributed by atoms with Crippen LogP contribution in [0.1, 0.15) is 0 Å². The summed E-state index contributed by atoms with van der Waals surface area (Å²) in [6, 6.07) is 0. The van der Waals surface area contributed by atoms with E-state index in [2.05, 4.69) is 9.47 Å². The van der Waals surface area contributed by atoms with E-state index in [1.54, 1.807) is 0 Å². The van der Waals surface area contributed by atoms with Gasteiger partial charge in [0.25, 0.3) is 0 Å². The molecule has 0 bridgehead atoms. The summed E-state index contributed by atoms with van der Waals surface area (Å²) in [5, 5.41) is 17.8. The van der Waals surface area contributed by atoms with Crippen LogP contribution in [0.5, 0.6) is 0 Å². The molecule has 0 radical (unpaired) electrons. The zero-order valence-electron chi connectivity index (χ0n) is 6.69. The average Bonchev–Trinajstić information content (AvgIpc) is 2.34. The summed E-state index contributed by atoms with van der Waals surface area (Å²) in [6.07, 6.45) is -9.90. The van der Waals surface area contributed by atoms with Crippen molar-refractivity contribution in [2.24, 2.45) is 0 Å². The Morgan fingerprint density at radius 2 is 2.00 bits per heavy atom. The van der Waals surface area contributed by atoms with Crippen LogP contribution in [0.3, 0.4) is 0 Å². The molecule has 0 aliphatic carbocycles. The molecular formula is C6H7F3O5. The van der Waals surface area contributed by atoms with E-state index in [1.807, 2.05) is 0 Å². The van der Waals surface area contributed by atoms with E-state index in [-0.39, 0.29) is 6.61 Å². The number of aliphatic hydroxyl groups is 2. The maximum atomic E-state index is 11.7. The van der Waals surface area contributed by atoms with Crippen LogP contribution in [0.25, 0.3) is 0 Å². The highest BCUT2D eigenvalue weighted by Crippen LogP contribution is 2.21. The number of halogens is 3. The highest BCUT2D eigenvalue weighted by Gasteiger charge is 2.46. The SMILES string of the molecule is O=C(OC1OCC(O)C1O)C(F)(F)F. The molecule has 1 aliphatic heterocycles. The molecule has 3 atom stereocenters. The van der Waals surface area contributed by atoms with Crippen molar-refractivity contribution in [1.82, 2.24) is 0 Å². The number of rotatable bonds is 1. The molecule has 1 aliphatic rings. The van der Waals surface area contributed by atoms with Crippen LogP contribution in [0, 0.1) is 0 Å². The molecule has 14 heavy (non-hydrogen) atoms. The third kappa shape index (κ3) is 2.34. The fourth-order valence-corrected chi connectivity index (χ4v) is 0.848. The first kappa shape index (κ1) is 11.2. The maximum Gasteiger partial charge on any atom is 0.491 e. The van der Waals surface area contributed by atoms with Crippen molar-refractivity contribution in [2.45, 2.75) is 24.7 Å². The minimum atomic E-state index is -5.14. The van der Waals surface area contributed by atoms with E-state index < -0.39 is 30.6 Å². The van der Waals surface area contributed by atoms with Crippen LogP contribution in [0.4, 0.5) is 13.2 Å².